The molecule has 0 fully saturated rings. The number of benzene rings is 2. The normalized spacial score (nSPS) is 10.9. The summed E-state index contributed by atoms with van der Waals surface area (Å²) in [6.07, 6.45) is 10.0. The van der Waals surface area contributed by atoms with Gasteiger partial charge in [-0.15, -0.1) is 6.42 Å². The first kappa shape index (κ1) is 15.9. The zero-order valence-electron chi connectivity index (χ0n) is 13.3. The number of hydrogen-bond acceptors (Lipinski definition) is 0. The minimum Gasteiger partial charge on any atom is -0.115 e. The summed E-state index contributed by atoms with van der Waals surface area (Å²) in [6, 6.07) is 20.9. The van der Waals surface area contributed by atoms with Crippen LogP contribution in [0, 0.1) is 12.3 Å². The van der Waals surface area contributed by atoms with E-state index in [1.54, 1.807) is 0 Å². The highest BCUT2D eigenvalue weighted by atomic mass is 14.1. The molecule has 0 saturated carbocycles. The Kier molecular flexibility index (Phi) is 5.81. The molecule has 22 heavy (non-hydrogen) atoms. The third-order valence-corrected chi connectivity index (χ3v) is 3.70. The first-order valence-corrected chi connectivity index (χ1v) is 7.76. The van der Waals surface area contributed by atoms with Crippen LogP contribution in [-0.4, -0.2) is 0 Å². The molecule has 110 valence electrons. The molecule has 0 unspecified atom stereocenters. The van der Waals surface area contributed by atoms with Crippen LogP contribution in [0.15, 0.2) is 77.9 Å². The maximum absolute atomic E-state index is 5.76. The van der Waals surface area contributed by atoms with Crippen LogP contribution in [0.4, 0.5) is 0 Å². The van der Waals surface area contributed by atoms with Crippen molar-refractivity contribution in [1.82, 2.24) is 0 Å². The van der Waals surface area contributed by atoms with E-state index < -0.39 is 0 Å². The zero-order valence-corrected chi connectivity index (χ0v) is 13.3. The molecular weight excluding hydrogens is 264 g/mol. The van der Waals surface area contributed by atoms with Gasteiger partial charge in [0.05, 0.1) is 0 Å². The lowest BCUT2D eigenvalue weighted by Gasteiger charge is -2.14. The largest absolute Gasteiger partial charge is 0.115 e. The van der Waals surface area contributed by atoms with E-state index in [0.717, 1.165) is 24.0 Å². The third-order valence-electron chi connectivity index (χ3n) is 3.70. The van der Waals surface area contributed by atoms with E-state index in [9.17, 15) is 0 Å². The number of allylic oxidation sites excluding steroid dienone is 3. The second-order valence-electron chi connectivity index (χ2n) is 5.28. The van der Waals surface area contributed by atoms with Gasteiger partial charge in [-0.1, -0.05) is 86.0 Å². The van der Waals surface area contributed by atoms with E-state index in [2.05, 4.69) is 74.4 Å². The Morgan fingerprint density at radius 3 is 1.86 bits per heavy atom. The summed E-state index contributed by atoms with van der Waals surface area (Å²) in [4.78, 5) is 0. The van der Waals surface area contributed by atoms with E-state index >= 15 is 0 Å². The Balaban J connectivity index is 2.63. The molecule has 0 spiro atoms. The van der Waals surface area contributed by atoms with Gasteiger partial charge in [0.15, 0.2) is 0 Å². The predicted molar refractivity (Wildman–Crippen MR) is 96.4 cm³/mol. The second-order valence-corrected chi connectivity index (χ2v) is 5.28. The first-order chi connectivity index (χ1) is 10.8. The van der Waals surface area contributed by atoms with Gasteiger partial charge in [0, 0.05) is 5.57 Å². The van der Waals surface area contributed by atoms with Gasteiger partial charge >= 0.3 is 0 Å². The van der Waals surface area contributed by atoms with Gasteiger partial charge in [-0.05, 0) is 35.6 Å². The lowest BCUT2D eigenvalue weighted by Crippen LogP contribution is -1.94. The Bertz CT molecular complexity index is 653. The SMILES string of the molecule is C#C/C(=C\CCC)C(C)=C(c1ccccc1)c1ccccc1. The van der Waals surface area contributed by atoms with Crippen molar-refractivity contribution in [2.75, 3.05) is 0 Å². The number of terminal acetylenes is 1. The molecule has 2 aromatic rings. The Morgan fingerprint density at radius 2 is 1.45 bits per heavy atom. The average Bonchev–Trinajstić information content (AvgIpc) is 2.58. The molecule has 2 rings (SSSR count). The topological polar surface area (TPSA) is 0 Å². The monoisotopic (exact) mass is 286 g/mol. The van der Waals surface area contributed by atoms with E-state index in [-0.39, 0.29) is 0 Å². The third kappa shape index (κ3) is 3.77. The fourth-order valence-corrected chi connectivity index (χ4v) is 2.55. The van der Waals surface area contributed by atoms with E-state index in [1.807, 2.05) is 12.1 Å². The molecule has 0 nitrogen and oxygen atoms in total. The molecule has 0 bridgehead atoms. The highest BCUT2D eigenvalue weighted by Crippen LogP contribution is 2.30. The van der Waals surface area contributed by atoms with Crippen LogP contribution < -0.4 is 0 Å². The Hall–Kier alpha value is -2.52. The number of rotatable bonds is 5. The van der Waals surface area contributed by atoms with Gasteiger partial charge in [0.2, 0.25) is 0 Å². The molecule has 2 aromatic carbocycles. The summed E-state index contributed by atoms with van der Waals surface area (Å²) < 4.78 is 0. The van der Waals surface area contributed by atoms with E-state index in [4.69, 9.17) is 6.42 Å². The standard InChI is InChI=1S/C22H22/c1-4-6-13-19(5-2)18(3)22(20-14-9-7-10-15-20)21-16-11-8-12-17-21/h2,7-17H,4,6H2,1,3H3/b19-13+. The summed E-state index contributed by atoms with van der Waals surface area (Å²) in [5.41, 5.74) is 5.76. The molecule has 0 aliphatic heterocycles. The van der Waals surface area contributed by atoms with Crippen molar-refractivity contribution < 1.29 is 0 Å². The fraction of sp³-hybridized carbons (Fsp3) is 0.182. The predicted octanol–water partition coefficient (Wildman–Crippen LogP) is 5.87. The first-order valence-electron chi connectivity index (χ1n) is 7.76. The molecular formula is C22H22. The van der Waals surface area contributed by atoms with Gasteiger partial charge in [-0.3, -0.25) is 0 Å². The number of unbranched alkanes of at least 4 members (excludes halogenated alkanes) is 1. The van der Waals surface area contributed by atoms with Gasteiger partial charge in [-0.25, -0.2) is 0 Å². The van der Waals surface area contributed by atoms with E-state index in [1.165, 1.54) is 16.7 Å². The van der Waals surface area contributed by atoms with Crippen LogP contribution in [0.1, 0.15) is 37.8 Å². The zero-order chi connectivity index (χ0) is 15.8. The summed E-state index contributed by atoms with van der Waals surface area (Å²) in [7, 11) is 0. The summed E-state index contributed by atoms with van der Waals surface area (Å²) >= 11 is 0. The summed E-state index contributed by atoms with van der Waals surface area (Å²) in [6.45, 7) is 4.29. The Labute approximate surface area is 134 Å². The van der Waals surface area contributed by atoms with Crippen LogP contribution >= 0.6 is 0 Å². The van der Waals surface area contributed by atoms with Crippen LogP contribution in [0.3, 0.4) is 0 Å². The van der Waals surface area contributed by atoms with Crippen molar-refractivity contribution >= 4 is 5.57 Å². The lowest BCUT2D eigenvalue weighted by atomic mass is 9.90. The molecule has 0 saturated heterocycles. The maximum Gasteiger partial charge on any atom is 0.0238 e. The van der Waals surface area contributed by atoms with Crippen LogP contribution in [0.2, 0.25) is 0 Å². The highest BCUT2D eigenvalue weighted by Gasteiger charge is 2.10. The molecule has 0 atom stereocenters. The van der Waals surface area contributed by atoms with Crippen LogP contribution in [0.25, 0.3) is 5.57 Å². The molecule has 0 aliphatic carbocycles. The fourth-order valence-electron chi connectivity index (χ4n) is 2.55. The van der Waals surface area contributed by atoms with Crippen molar-refractivity contribution in [2.24, 2.45) is 0 Å². The minimum atomic E-state index is 0.990. The van der Waals surface area contributed by atoms with Gasteiger partial charge in [0.25, 0.3) is 0 Å². The average molecular weight is 286 g/mol. The van der Waals surface area contributed by atoms with Crippen molar-refractivity contribution in [3.63, 3.8) is 0 Å². The molecule has 0 aliphatic rings. The molecule has 0 heteroatoms. The van der Waals surface area contributed by atoms with Gasteiger partial charge in [0.1, 0.15) is 0 Å². The van der Waals surface area contributed by atoms with Gasteiger partial charge in [-0.2, -0.15) is 0 Å². The van der Waals surface area contributed by atoms with E-state index in [0.29, 0.717) is 0 Å². The highest BCUT2D eigenvalue weighted by molar-refractivity contribution is 5.85. The quantitative estimate of drug-likeness (QED) is 0.476. The summed E-state index contributed by atoms with van der Waals surface area (Å²) in [5.74, 6) is 2.86. The van der Waals surface area contributed by atoms with Gasteiger partial charge < -0.3 is 0 Å². The van der Waals surface area contributed by atoms with Crippen molar-refractivity contribution in [3.8, 4) is 12.3 Å². The van der Waals surface area contributed by atoms with Crippen molar-refractivity contribution in [2.45, 2.75) is 26.7 Å². The molecule has 0 heterocycles. The van der Waals surface area contributed by atoms with Crippen LogP contribution in [0.5, 0.6) is 0 Å². The molecule has 0 amide bonds. The molecule has 0 radical (unpaired) electrons. The maximum atomic E-state index is 5.76. The van der Waals surface area contributed by atoms with Crippen molar-refractivity contribution in [1.29, 1.82) is 0 Å². The van der Waals surface area contributed by atoms with Crippen molar-refractivity contribution in [3.05, 3.63) is 89.0 Å². The Morgan fingerprint density at radius 1 is 0.955 bits per heavy atom. The summed E-state index contributed by atoms with van der Waals surface area (Å²) in [5, 5.41) is 0. The molecule has 0 N–H and O–H groups in total. The smallest absolute Gasteiger partial charge is 0.0238 e. The minimum absolute atomic E-state index is 0.990. The lowest BCUT2D eigenvalue weighted by molar-refractivity contribution is 0.954. The number of hydrogen-bond donors (Lipinski definition) is 0. The van der Waals surface area contributed by atoms with Crippen LogP contribution in [-0.2, 0) is 0 Å². The molecule has 0 aromatic heterocycles. The second kappa shape index (κ2) is 8.05.